The van der Waals surface area contributed by atoms with Gasteiger partial charge in [-0.2, -0.15) is 0 Å². The van der Waals surface area contributed by atoms with E-state index in [9.17, 15) is 14.4 Å². The topological polar surface area (TPSA) is 94.2 Å². The second-order valence-electron chi connectivity index (χ2n) is 8.06. The minimum atomic E-state index is -0.670. The van der Waals surface area contributed by atoms with Crippen LogP contribution in [-0.2, 0) is 20.7 Å². The standard InChI is InChI=1S/C23H26N2O6/c1-23(2)12-16-6-5-7-18(21(16)31-23)29-14-20(27)30-13-19(26)24-17-10-8-15(9-11-17)22(28)25(3)4/h5-11H,12-14H2,1-4H3,(H,24,26). The van der Waals surface area contributed by atoms with Gasteiger partial charge in [0.2, 0.25) is 0 Å². The van der Waals surface area contributed by atoms with Gasteiger partial charge in [-0.25, -0.2) is 4.79 Å². The van der Waals surface area contributed by atoms with Gasteiger partial charge in [-0.3, -0.25) is 9.59 Å². The quantitative estimate of drug-likeness (QED) is 0.684. The van der Waals surface area contributed by atoms with E-state index in [2.05, 4.69) is 5.32 Å². The highest BCUT2D eigenvalue weighted by molar-refractivity contribution is 5.96. The van der Waals surface area contributed by atoms with Crippen LogP contribution in [0.1, 0.15) is 29.8 Å². The summed E-state index contributed by atoms with van der Waals surface area (Å²) in [4.78, 5) is 37.3. The highest BCUT2D eigenvalue weighted by Gasteiger charge is 2.32. The van der Waals surface area contributed by atoms with Crippen molar-refractivity contribution >= 4 is 23.5 Å². The largest absolute Gasteiger partial charge is 0.483 e. The van der Waals surface area contributed by atoms with Gasteiger partial charge in [-0.1, -0.05) is 12.1 Å². The summed E-state index contributed by atoms with van der Waals surface area (Å²) < 4.78 is 16.4. The highest BCUT2D eigenvalue weighted by atomic mass is 16.6. The van der Waals surface area contributed by atoms with Crippen LogP contribution in [-0.4, -0.2) is 55.6 Å². The average Bonchev–Trinajstić information content (AvgIpc) is 3.05. The molecule has 2 aromatic carbocycles. The number of nitrogens with one attached hydrogen (secondary N) is 1. The van der Waals surface area contributed by atoms with Crippen LogP contribution < -0.4 is 14.8 Å². The fourth-order valence-corrected chi connectivity index (χ4v) is 3.18. The fourth-order valence-electron chi connectivity index (χ4n) is 3.18. The number of carbonyl (C=O) groups excluding carboxylic acids is 3. The number of hydrogen-bond donors (Lipinski definition) is 1. The number of esters is 1. The molecule has 0 aliphatic carbocycles. The van der Waals surface area contributed by atoms with Crippen LogP contribution in [0.15, 0.2) is 42.5 Å². The maximum atomic E-state index is 12.0. The van der Waals surface area contributed by atoms with Crippen molar-refractivity contribution in [2.45, 2.75) is 25.9 Å². The van der Waals surface area contributed by atoms with Crippen LogP contribution in [0.2, 0.25) is 0 Å². The molecule has 1 heterocycles. The number of ether oxygens (including phenoxy) is 3. The Morgan fingerprint density at radius 2 is 1.77 bits per heavy atom. The van der Waals surface area contributed by atoms with E-state index in [4.69, 9.17) is 14.2 Å². The normalized spacial score (nSPS) is 13.5. The van der Waals surface area contributed by atoms with Gasteiger partial charge in [-0.15, -0.1) is 0 Å². The number of fused-ring (bicyclic) bond motifs is 1. The van der Waals surface area contributed by atoms with Crippen LogP contribution in [0.4, 0.5) is 5.69 Å². The van der Waals surface area contributed by atoms with Crippen molar-refractivity contribution in [3.05, 3.63) is 53.6 Å². The Balaban J connectivity index is 1.45. The van der Waals surface area contributed by atoms with E-state index in [1.165, 1.54) is 4.90 Å². The van der Waals surface area contributed by atoms with Crippen LogP contribution >= 0.6 is 0 Å². The average molecular weight is 426 g/mol. The molecule has 0 bridgehead atoms. The number of carbonyl (C=O) groups is 3. The fraction of sp³-hybridized carbons (Fsp3) is 0.348. The molecule has 2 aromatic rings. The molecule has 8 nitrogen and oxygen atoms in total. The summed E-state index contributed by atoms with van der Waals surface area (Å²) in [5.41, 5.74) is 1.70. The molecule has 0 atom stereocenters. The molecule has 0 aromatic heterocycles. The lowest BCUT2D eigenvalue weighted by Crippen LogP contribution is -2.25. The van der Waals surface area contributed by atoms with Crippen molar-refractivity contribution in [2.24, 2.45) is 0 Å². The van der Waals surface area contributed by atoms with Gasteiger partial charge < -0.3 is 24.4 Å². The smallest absolute Gasteiger partial charge is 0.344 e. The Morgan fingerprint density at radius 1 is 1.06 bits per heavy atom. The number of benzene rings is 2. The van der Waals surface area contributed by atoms with Gasteiger partial charge in [0, 0.05) is 37.3 Å². The Hall–Kier alpha value is -3.55. The van der Waals surface area contributed by atoms with E-state index < -0.39 is 18.5 Å². The summed E-state index contributed by atoms with van der Waals surface area (Å²) >= 11 is 0. The minimum absolute atomic E-state index is 0.134. The number of rotatable bonds is 7. The molecular formula is C23H26N2O6. The highest BCUT2D eigenvalue weighted by Crippen LogP contribution is 2.41. The first-order chi connectivity index (χ1) is 14.6. The lowest BCUT2D eigenvalue weighted by Gasteiger charge is -2.18. The van der Waals surface area contributed by atoms with Crippen LogP contribution in [0.25, 0.3) is 0 Å². The number of hydrogen-bond acceptors (Lipinski definition) is 6. The lowest BCUT2D eigenvalue weighted by atomic mass is 10.0. The SMILES string of the molecule is CN(C)C(=O)c1ccc(NC(=O)COC(=O)COc2cccc3c2OC(C)(C)C3)cc1. The van der Waals surface area contributed by atoms with Gasteiger partial charge in [0.15, 0.2) is 24.7 Å². The summed E-state index contributed by atoms with van der Waals surface area (Å²) in [5, 5.41) is 2.61. The van der Waals surface area contributed by atoms with E-state index >= 15 is 0 Å². The van der Waals surface area contributed by atoms with E-state index in [1.807, 2.05) is 26.0 Å². The third-order valence-corrected chi connectivity index (χ3v) is 4.59. The maximum Gasteiger partial charge on any atom is 0.344 e. The number of para-hydroxylation sites is 1. The molecule has 3 rings (SSSR count). The summed E-state index contributed by atoms with van der Waals surface area (Å²) in [6, 6.07) is 12.0. The van der Waals surface area contributed by atoms with Crippen molar-refractivity contribution in [3.63, 3.8) is 0 Å². The lowest BCUT2D eigenvalue weighted by molar-refractivity contribution is -0.149. The van der Waals surface area contributed by atoms with Crippen LogP contribution in [0.5, 0.6) is 11.5 Å². The molecule has 164 valence electrons. The molecule has 0 saturated carbocycles. The number of amides is 2. The Bertz CT molecular complexity index is 982. The summed E-state index contributed by atoms with van der Waals surface area (Å²) in [6.07, 6.45) is 0.758. The van der Waals surface area contributed by atoms with Crippen molar-refractivity contribution in [3.8, 4) is 11.5 Å². The molecule has 1 aliphatic heterocycles. The van der Waals surface area contributed by atoms with Gasteiger partial charge in [0.05, 0.1) is 0 Å². The molecule has 1 aliphatic rings. The van der Waals surface area contributed by atoms with E-state index in [1.54, 1.807) is 44.4 Å². The van der Waals surface area contributed by atoms with Crippen LogP contribution in [0, 0.1) is 0 Å². The first kappa shape index (κ1) is 22.1. The van der Waals surface area contributed by atoms with Gasteiger partial charge in [-0.05, 0) is 44.2 Å². The zero-order valence-electron chi connectivity index (χ0n) is 18.1. The molecular weight excluding hydrogens is 400 g/mol. The summed E-state index contributed by atoms with van der Waals surface area (Å²) in [7, 11) is 3.32. The zero-order chi connectivity index (χ0) is 22.6. The van der Waals surface area contributed by atoms with E-state index in [0.29, 0.717) is 22.7 Å². The molecule has 1 N–H and O–H groups in total. The molecule has 0 spiro atoms. The number of anilines is 1. The molecule has 31 heavy (non-hydrogen) atoms. The van der Waals surface area contributed by atoms with Gasteiger partial charge in [0.25, 0.3) is 11.8 Å². The van der Waals surface area contributed by atoms with E-state index in [0.717, 1.165) is 12.0 Å². The first-order valence-corrected chi connectivity index (χ1v) is 9.85. The molecule has 2 amide bonds. The van der Waals surface area contributed by atoms with E-state index in [-0.39, 0.29) is 18.1 Å². The molecule has 0 saturated heterocycles. The predicted molar refractivity (Wildman–Crippen MR) is 114 cm³/mol. The second-order valence-corrected chi connectivity index (χ2v) is 8.06. The second kappa shape index (κ2) is 9.07. The monoisotopic (exact) mass is 426 g/mol. The molecule has 0 unspecified atom stereocenters. The third kappa shape index (κ3) is 5.75. The summed E-state index contributed by atoms with van der Waals surface area (Å²) in [6.45, 7) is 3.18. The minimum Gasteiger partial charge on any atom is -0.483 e. The Kier molecular flexibility index (Phi) is 6.48. The van der Waals surface area contributed by atoms with Crippen molar-refractivity contribution in [1.82, 2.24) is 4.90 Å². The molecule has 0 fully saturated rings. The predicted octanol–water partition coefficient (Wildman–Crippen LogP) is 2.66. The Morgan fingerprint density at radius 3 is 2.45 bits per heavy atom. The van der Waals surface area contributed by atoms with Crippen LogP contribution in [0.3, 0.4) is 0 Å². The van der Waals surface area contributed by atoms with Crippen molar-refractivity contribution in [2.75, 3.05) is 32.6 Å². The maximum absolute atomic E-state index is 12.0. The van der Waals surface area contributed by atoms with Gasteiger partial charge in [0.1, 0.15) is 5.60 Å². The zero-order valence-corrected chi connectivity index (χ0v) is 18.1. The Labute approximate surface area is 181 Å². The van der Waals surface area contributed by atoms with Gasteiger partial charge >= 0.3 is 5.97 Å². The van der Waals surface area contributed by atoms with Crippen molar-refractivity contribution in [1.29, 1.82) is 0 Å². The van der Waals surface area contributed by atoms with Crippen molar-refractivity contribution < 1.29 is 28.6 Å². The molecule has 8 heteroatoms. The number of nitrogens with zero attached hydrogens (tertiary/aromatic N) is 1. The summed E-state index contributed by atoms with van der Waals surface area (Å²) in [5.74, 6) is -0.196. The first-order valence-electron chi connectivity index (χ1n) is 9.85. The molecule has 0 radical (unpaired) electrons. The third-order valence-electron chi connectivity index (χ3n) is 4.59.